The summed E-state index contributed by atoms with van der Waals surface area (Å²) in [6.07, 6.45) is 1.62. The van der Waals surface area contributed by atoms with Gasteiger partial charge in [-0.2, -0.15) is 0 Å². The molecule has 1 aliphatic carbocycles. The van der Waals surface area contributed by atoms with Crippen LogP contribution in [0.4, 0.5) is 0 Å². The first-order chi connectivity index (χ1) is 13.5. The Morgan fingerprint density at radius 1 is 0.833 bits per heavy atom. The van der Waals surface area contributed by atoms with Crippen LogP contribution in [0, 0.1) is 0 Å². The number of ketones is 1. The van der Waals surface area contributed by atoms with E-state index in [1.54, 1.807) is 12.3 Å². The summed E-state index contributed by atoms with van der Waals surface area (Å²) < 4.78 is 31.9. The lowest BCUT2D eigenvalue weighted by atomic mass is 9.98. The summed E-state index contributed by atoms with van der Waals surface area (Å²) >= 11 is 0. The second-order valence-electron chi connectivity index (χ2n) is 5.73. The molecule has 1 aliphatic rings. The van der Waals surface area contributed by atoms with Gasteiger partial charge in [-0.05, 0) is 34.7 Å². The van der Waals surface area contributed by atoms with Crippen molar-refractivity contribution in [1.82, 2.24) is 4.98 Å². The van der Waals surface area contributed by atoms with E-state index in [9.17, 15) is 4.79 Å². The van der Waals surface area contributed by atoms with E-state index in [1.807, 2.05) is 36.4 Å². The van der Waals surface area contributed by atoms with Crippen molar-refractivity contribution >= 4 is 16.6 Å². The lowest BCUT2D eigenvalue weighted by Gasteiger charge is -2.08. The number of nitrogens with zero attached hydrogens (tertiary/aromatic N) is 1. The van der Waals surface area contributed by atoms with Gasteiger partial charge < -0.3 is 0 Å². The molecule has 0 unspecified atom stereocenters. The van der Waals surface area contributed by atoms with Gasteiger partial charge in [0, 0.05) is 28.3 Å². The number of hydrogen-bond donors (Lipinski definition) is 0. The average molecular weight is 311 g/mol. The number of hydrogen-bond acceptors (Lipinski definition) is 2. The zero-order chi connectivity index (χ0) is 19.6. The molecule has 0 saturated carbocycles. The van der Waals surface area contributed by atoms with Gasteiger partial charge in [-0.1, -0.05) is 54.5 Å². The molecule has 0 saturated heterocycles. The number of aromatic nitrogens is 1. The van der Waals surface area contributed by atoms with E-state index in [-0.39, 0.29) is 30.0 Å². The molecule has 4 aromatic rings. The molecule has 0 radical (unpaired) electrons. The predicted octanol–water partition coefficient (Wildman–Crippen LogP) is 5.11. The quantitative estimate of drug-likeness (QED) is 0.430. The van der Waals surface area contributed by atoms with E-state index < -0.39 is 0 Å². The van der Waals surface area contributed by atoms with Crippen LogP contribution in [0.5, 0.6) is 0 Å². The van der Waals surface area contributed by atoms with Crippen LogP contribution in [0.15, 0.2) is 78.9 Å². The highest BCUT2D eigenvalue weighted by atomic mass is 16.1. The number of benzene rings is 3. The molecule has 0 bridgehead atoms. The summed E-state index contributed by atoms with van der Waals surface area (Å²) in [5, 5.41) is 1.55. The highest BCUT2D eigenvalue weighted by Crippen LogP contribution is 2.40. The summed E-state index contributed by atoms with van der Waals surface area (Å²) in [4.78, 5) is 17.2. The van der Waals surface area contributed by atoms with E-state index in [2.05, 4.69) is 4.98 Å². The molecular weight excluding hydrogens is 294 g/mol. The van der Waals surface area contributed by atoms with Crippen LogP contribution in [0.25, 0.3) is 33.2 Å². The lowest BCUT2D eigenvalue weighted by molar-refractivity contribution is 0.104. The largest absolute Gasteiger partial charge is 0.289 e. The van der Waals surface area contributed by atoms with E-state index in [0.29, 0.717) is 27.8 Å². The van der Waals surface area contributed by atoms with Crippen molar-refractivity contribution in [3.63, 3.8) is 0 Å². The van der Waals surface area contributed by atoms with Crippen LogP contribution in [-0.2, 0) is 0 Å². The summed E-state index contributed by atoms with van der Waals surface area (Å²) in [6.45, 7) is 0. The number of rotatable bonds is 1. The molecular formula is C22H13NO. The fourth-order valence-electron chi connectivity index (χ4n) is 3.31. The van der Waals surface area contributed by atoms with Crippen molar-refractivity contribution in [2.75, 3.05) is 0 Å². The maximum absolute atomic E-state index is 12.9. The smallest absolute Gasteiger partial charge is 0.194 e. The summed E-state index contributed by atoms with van der Waals surface area (Å²) in [5.41, 5.74) is 3.80. The second kappa shape index (κ2) is 4.87. The molecule has 0 N–H and O–H groups in total. The molecule has 2 heteroatoms. The third-order valence-electron chi connectivity index (χ3n) is 4.41. The van der Waals surface area contributed by atoms with Crippen molar-refractivity contribution in [2.45, 2.75) is 0 Å². The molecule has 0 atom stereocenters. The molecule has 0 amide bonds. The molecule has 1 heterocycles. The minimum atomic E-state index is -0.300. The molecule has 5 rings (SSSR count). The highest BCUT2D eigenvalue weighted by molar-refractivity contribution is 6.23. The zero-order valence-electron chi connectivity index (χ0n) is 16.6. The van der Waals surface area contributed by atoms with Crippen LogP contribution in [0.2, 0.25) is 0 Å². The van der Waals surface area contributed by atoms with Gasteiger partial charge in [0.1, 0.15) is 0 Å². The van der Waals surface area contributed by atoms with Gasteiger partial charge in [0.2, 0.25) is 0 Å². The topological polar surface area (TPSA) is 30.0 Å². The van der Waals surface area contributed by atoms with Gasteiger partial charge in [0.25, 0.3) is 0 Å². The van der Waals surface area contributed by atoms with Crippen LogP contribution >= 0.6 is 0 Å². The van der Waals surface area contributed by atoms with Gasteiger partial charge >= 0.3 is 0 Å². The lowest BCUT2D eigenvalue weighted by Crippen LogP contribution is -1.95. The first-order valence-corrected chi connectivity index (χ1v) is 7.62. The minimum absolute atomic E-state index is 0.0442. The summed E-state index contributed by atoms with van der Waals surface area (Å²) in [5.74, 6) is -0.0442. The van der Waals surface area contributed by atoms with Crippen LogP contribution in [0.1, 0.15) is 21.4 Å². The Morgan fingerprint density at radius 3 is 2.62 bits per heavy atom. The van der Waals surface area contributed by atoms with Gasteiger partial charge in [0.05, 0.1) is 11.2 Å². The molecule has 0 fully saturated rings. The highest BCUT2D eigenvalue weighted by Gasteiger charge is 2.27. The SMILES string of the molecule is [2H]c1cc(-c2nccc3cc4c(cc23)C(=O)c2ccccc2-4)c([2H])c([2H])c1[2H]. The van der Waals surface area contributed by atoms with Crippen LogP contribution in [-0.4, -0.2) is 10.8 Å². The average Bonchev–Trinajstić information content (AvgIpc) is 2.99. The minimum Gasteiger partial charge on any atom is -0.289 e. The Morgan fingerprint density at radius 2 is 1.71 bits per heavy atom. The van der Waals surface area contributed by atoms with Gasteiger partial charge in [-0.15, -0.1) is 0 Å². The molecule has 0 aliphatic heterocycles. The van der Waals surface area contributed by atoms with Crippen molar-refractivity contribution < 1.29 is 10.3 Å². The van der Waals surface area contributed by atoms with E-state index in [4.69, 9.17) is 5.48 Å². The second-order valence-corrected chi connectivity index (χ2v) is 5.73. The predicted molar refractivity (Wildman–Crippen MR) is 96.0 cm³/mol. The third kappa shape index (κ3) is 1.77. The van der Waals surface area contributed by atoms with E-state index in [0.717, 1.165) is 16.5 Å². The van der Waals surface area contributed by atoms with Crippen molar-refractivity contribution in [2.24, 2.45) is 0 Å². The standard InChI is InChI=1S/C22H13NO/c24-22-17-9-5-4-8-16(17)19-12-15-10-11-23-21(18(15)13-20(19)22)14-6-2-1-3-7-14/h1-13H/i1D,2D,3D,6D. The van der Waals surface area contributed by atoms with Gasteiger partial charge in [-0.3, -0.25) is 9.78 Å². The fraction of sp³-hybridized carbons (Fsp3) is 0. The Labute approximate surface area is 145 Å². The maximum Gasteiger partial charge on any atom is 0.194 e. The Bertz CT molecular complexity index is 1330. The van der Waals surface area contributed by atoms with E-state index in [1.165, 1.54) is 6.07 Å². The Balaban J connectivity index is 1.82. The first kappa shape index (κ1) is 9.78. The van der Waals surface area contributed by atoms with E-state index >= 15 is 0 Å². The van der Waals surface area contributed by atoms with Crippen molar-refractivity contribution in [3.05, 3.63) is 90.0 Å². The normalized spacial score (nSPS) is 14.6. The van der Waals surface area contributed by atoms with Crippen LogP contribution in [0.3, 0.4) is 0 Å². The maximum atomic E-state index is 12.9. The Hall–Kier alpha value is -3.26. The molecule has 112 valence electrons. The number of carbonyl (C=O) groups excluding carboxylic acids is 1. The zero-order valence-corrected chi connectivity index (χ0v) is 12.6. The first-order valence-electron chi connectivity index (χ1n) is 9.62. The van der Waals surface area contributed by atoms with Crippen LogP contribution < -0.4 is 0 Å². The summed E-state index contributed by atoms with van der Waals surface area (Å²) in [6, 6.07) is 13.6. The third-order valence-corrected chi connectivity index (χ3v) is 4.41. The number of pyridine rings is 1. The number of fused-ring (bicyclic) bond motifs is 4. The molecule has 2 nitrogen and oxygen atoms in total. The number of carbonyl (C=O) groups is 1. The Kier molecular flexibility index (Phi) is 1.98. The van der Waals surface area contributed by atoms with Crippen molar-refractivity contribution in [3.8, 4) is 22.4 Å². The van der Waals surface area contributed by atoms with Gasteiger partial charge in [0.15, 0.2) is 5.78 Å². The van der Waals surface area contributed by atoms with Crippen molar-refractivity contribution in [1.29, 1.82) is 0 Å². The fourth-order valence-corrected chi connectivity index (χ4v) is 3.31. The molecule has 1 aromatic heterocycles. The molecule has 3 aromatic carbocycles. The monoisotopic (exact) mass is 311 g/mol. The van der Waals surface area contributed by atoms with Gasteiger partial charge in [-0.25, -0.2) is 0 Å². The molecule has 24 heavy (non-hydrogen) atoms. The molecule has 0 spiro atoms. The summed E-state index contributed by atoms with van der Waals surface area (Å²) in [7, 11) is 0.